The molecule has 1 aliphatic rings. The van der Waals surface area contributed by atoms with Gasteiger partial charge in [-0.3, -0.25) is 4.79 Å². The lowest BCUT2D eigenvalue weighted by Gasteiger charge is -2.17. The van der Waals surface area contributed by atoms with Gasteiger partial charge in [-0.2, -0.15) is 0 Å². The van der Waals surface area contributed by atoms with Gasteiger partial charge in [0.1, 0.15) is 5.82 Å². The first kappa shape index (κ1) is 15.0. The number of carbonyl (C=O) groups is 1. The molecule has 0 bridgehead atoms. The molecule has 0 N–H and O–H groups in total. The van der Waals surface area contributed by atoms with Crippen LogP contribution in [0.3, 0.4) is 0 Å². The lowest BCUT2D eigenvalue weighted by molar-refractivity contribution is -0.127. The van der Waals surface area contributed by atoms with E-state index in [2.05, 4.69) is 15.5 Å². The molecule has 0 aliphatic heterocycles. The van der Waals surface area contributed by atoms with Gasteiger partial charge in [0.05, 0.1) is 11.8 Å². The Morgan fingerprint density at radius 1 is 1.45 bits per heavy atom. The summed E-state index contributed by atoms with van der Waals surface area (Å²) in [6.07, 6.45) is 2.17. The van der Waals surface area contributed by atoms with Gasteiger partial charge in [-0.05, 0) is 29.3 Å². The summed E-state index contributed by atoms with van der Waals surface area (Å²) in [5.41, 5.74) is 0.506. The van der Waals surface area contributed by atoms with Crippen molar-refractivity contribution in [1.82, 2.24) is 25.1 Å². The fourth-order valence-corrected chi connectivity index (χ4v) is 2.92. The Hall–Kier alpha value is -1.96. The molecule has 22 heavy (non-hydrogen) atoms. The third-order valence-corrected chi connectivity index (χ3v) is 4.39. The number of carbonyl (C=O) groups excluding carboxylic acids is 1. The molecule has 1 amide bonds. The highest BCUT2D eigenvalue weighted by Gasteiger charge is 2.28. The molecule has 1 aliphatic carbocycles. The standard InChI is InChI=1S/C14H16FN5OS/c1-19(8-10-4-2-3-5-12(10)15)13(21)9-22-14-16-17-18-20(14)11-6-7-11/h2-5,11H,6-9H2,1H3. The molecule has 0 atom stereocenters. The summed E-state index contributed by atoms with van der Waals surface area (Å²) in [5, 5.41) is 12.2. The van der Waals surface area contributed by atoms with Gasteiger partial charge in [-0.1, -0.05) is 30.0 Å². The van der Waals surface area contributed by atoms with E-state index < -0.39 is 0 Å². The second-order valence-electron chi connectivity index (χ2n) is 5.27. The van der Waals surface area contributed by atoms with Crippen LogP contribution in [-0.4, -0.2) is 43.8 Å². The first-order valence-corrected chi connectivity index (χ1v) is 8.01. The van der Waals surface area contributed by atoms with Gasteiger partial charge in [0.25, 0.3) is 0 Å². The molecule has 0 unspecified atom stereocenters. The maximum Gasteiger partial charge on any atom is 0.233 e. The first-order valence-electron chi connectivity index (χ1n) is 7.03. The number of nitrogens with zero attached hydrogens (tertiary/aromatic N) is 5. The Balaban J connectivity index is 1.55. The van der Waals surface area contributed by atoms with Crippen molar-refractivity contribution >= 4 is 17.7 Å². The average molecular weight is 321 g/mol. The van der Waals surface area contributed by atoms with Crippen LogP contribution in [-0.2, 0) is 11.3 Å². The molecule has 1 aromatic carbocycles. The number of benzene rings is 1. The van der Waals surface area contributed by atoms with Crippen molar-refractivity contribution in [3.8, 4) is 0 Å². The zero-order chi connectivity index (χ0) is 15.5. The van der Waals surface area contributed by atoms with Crippen molar-refractivity contribution in [3.05, 3.63) is 35.6 Å². The zero-order valence-corrected chi connectivity index (χ0v) is 13.0. The van der Waals surface area contributed by atoms with Gasteiger partial charge in [-0.25, -0.2) is 9.07 Å². The molecular weight excluding hydrogens is 305 g/mol. The maximum atomic E-state index is 13.6. The van der Waals surface area contributed by atoms with Crippen LogP contribution in [0.15, 0.2) is 29.4 Å². The largest absolute Gasteiger partial charge is 0.341 e. The number of hydrogen-bond acceptors (Lipinski definition) is 5. The number of rotatable bonds is 6. The molecule has 6 nitrogen and oxygen atoms in total. The van der Waals surface area contributed by atoms with Gasteiger partial charge < -0.3 is 4.90 Å². The van der Waals surface area contributed by atoms with E-state index in [9.17, 15) is 9.18 Å². The van der Waals surface area contributed by atoms with Crippen LogP contribution in [0, 0.1) is 5.82 Å². The number of amides is 1. The number of thioether (sulfide) groups is 1. The fourth-order valence-electron chi connectivity index (χ4n) is 2.04. The monoisotopic (exact) mass is 321 g/mol. The molecule has 1 saturated carbocycles. The van der Waals surface area contributed by atoms with Gasteiger partial charge in [0.2, 0.25) is 11.1 Å². The van der Waals surface area contributed by atoms with Crippen molar-refractivity contribution in [1.29, 1.82) is 0 Å². The summed E-state index contributed by atoms with van der Waals surface area (Å²) in [4.78, 5) is 13.7. The van der Waals surface area contributed by atoms with Crippen molar-refractivity contribution < 1.29 is 9.18 Å². The molecule has 0 radical (unpaired) electrons. The topological polar surface area (TPSA) is 63.9 Å². The molecule has 3 rings (SSSR count). The van der Waals surface area contributed by atoms with Crippen LogP contribution >= 0.6 is 11.8 Å². The highest BCUT2D eigenvalue weighted by molar-refractivity contribution is 7.99. The van der Waals surface area contributed by atoms with E-state index in [4.69, 9.17) is 0 Å². The molecular formula is C14H16FN5OS. The number of hydrogen-bond donors (Lipinski definition) is 0. The van der Waals surface area contributed by atoms with E-state index in [1.807, 2.05) is 0 Å². The third-order valence-electron chi connectivity index (χ3n) is 3.47. The predicted molar refractivity (Wildman–Crippen MR) is 79.7 cm³/mol. The first-order chi connectivity index (χ1) is 10.6. The van der Waals surface area contributed by atoms with Gasteiger partial charge in [0.15, 0.2) is 0 Å². The smallest absolute Gasteiger partial charge is 0.233 e. The van der Waals surface area contributed by atoms with E-state index in [-0.39, 0.29) is 24.0 Å². The van der Waals surface area contributed by atoms with E-state index in [0.29, 0.717) is 16.8 Å². The molecule has 1 aromatic heterocycles. The average Bonchev–Trinajstić information content (AvgIpc) is 3.25. The van der Waals surface area contributed by atoms with Crippen molar-refractivity contribution in [2.75, 3.05) is 12.8 Å². The Labute approximate surface area is 131 Å². The Morgan fingerprint density at radius 3 is 2.95 bits per heavy atom. The molecule has 1 fully saturated rings. The Morgan fingerprint density at radius 2 is 2.23 bits per heavy atom. The summed E-state index contributed by atoms with van der Waals surface area (Å²) >= 11 is 1.32. The second-order valence-corrected chi connectivity index (χ2v) is 6.21. The van der Waals surface area contributed by atoms with Crippen molar-refractivity contribution in [3.63, 3.8) is 0 Å². The highest BCUT2D eigenvalue weighted by Crippen LogP contribution is 2.36. The summed E-state index contributed by atoms with van der Waals surface area (Å²) in [5.74, 6) is -0.149. The molecule has 8 heteroatoms. The summed E-state index contributed by atoms with van der Waals surface area (Å²) in [7, 11) is 1.67. The lowest BCUT2D eigenvalue weighted by atomic mass is 10.2. The van der Waals surface area contributed by atoms with Crippen LogP contribution in [0.25, 0.3) is 0 Å². The fraction of sp³-hybridized carbons (Fsp3) is 0.429. The quantitative estimate of drug-likeness (QED) is 0.760. The number of halogens is 1. The van der Waals surface area contributed by atoms with Gasteiger partial charge in [-0.15, -0.1) is 5.10 Å². The minimum atomic E-state index is -0.299. The lowest BCUT2D eigenvalue weighted by Crippen LogP contribution is -2.28. The number of aromatic nitrogens is 4. The van der Waals surface area contributed by atoms with E-state index in [1.165, 1.54) is 22.7 Å². The minimum Gasteiger partial charge on any atom is -0.341 e. The van der Waals surface area contributed by atoms with Crippen LogP contribution in [0.4, 0.5) is 4.39 Å². The van der Waals surface area contributed by atoms with E-state index in [0.717, 1.165) is 12.8 Å². The normalized spacial score (nSPS) is 14.1. The number of tetrazole rings is 1. The molecule has 1 heterocycles. The SMILES string of the molecule is CN(Cc1ccccc1F)C(=O)CSc1nnnn1C1CC1. The van der Waals surface area contributed by atoms with E-state index in [1.54, 1.807) is 29.9 Å². The highest BCUT2D eigenvalue weighted by atomic mass is 32.2. The Kier molecular flexibility index (Phi) is 4.37. The summed E-state index contributed by atoms with van der Waals surface area (Å²) < 4.78 is 15.4. The third kappa shape index (κ3) is 3.44. The van der Waals surface area contributed by atoms with Crippen molar-refractivity contribution in [2.45, 2.75) is 30.6 Å². The van der Waals surface area contributed by atoms with Gasteiger partial charge >= 0.3 is 0 Å². The second kappa shape index (κ2) is 6.43. The molecule has 2 aromatic rings. The molecule has 116 valence electrons. The summed E-state index contributed by atoms with van der Waals surface area (Å²) in [6.45, 7) is 0.250. The van der Waals surface area contributed by atoms with Gasteiger partial charge in [0, 0.05) is 19.2 Å². The van der Waals surface area contributed by atoms with E-state index >= 15 is 0 Å². The van der Waals surface area contributed by atoms with Crippen LogP contribution in [0.2, 0.25) is 0 Å². The maximum absolute atomic E-state index is 13.6. The van der Waals surface area contributed by atoms with Crippen molar-refractivity contribution in [2.24, 2.45) is 0 Å². The minimum absolute atomic E-state index is 0.0846. The van der Waals surface area contributed by atoms with Crippen LogP contribution in [0.1, 0.15) is 24.4 Å². The van der Waals surface area contributed by atoms with Crippen LogP contribution in [0.5, 0.6) is 0 Å². The molecule has 0 spiro atoms. The Bertz CT molecular complexity index is 673. The zero-order valence-electron chi connectivity index (χ0n) is 12.1. The summed E-state index contributed by atoms with van der Waals surface area (Å²) in [6, 6.07) is 6.85. The van der Waals surface area contributed by atoms with Crippen LogP contribution < -0.4 is 0 Å². The molecule has 0 saturated heterocycles. The predicted octanol–water partition coefficient (Wildman–Crippen LogP) is 1.90.